The van der Waals surface area contributed by atoms with E-state index in [9.17, 15) is 9.59 Å². The van der Waals surface area contributed by atoms with E-state index in [1.54, 1.807) is 0 Å². The van der Waals surface area contributed by atoms with Crippen molar-refractivity contribution in [2.24, 2.45) is 0 Å². The Morgan fingerprint density at radius 2 is 1.14 bits per heavy atom. The van der Waals surface area contributed by atoms with Gasteiger partial charge in [0.1, 0.15) is 11.6 Å². The van der Waals surface area contributed by atoms with E-state index >= 15 is 0 Å². The van der Waals surface area contributed by atoms with E-state index in [2.05, 4.69) is 12.2 Å². The van der Waals surface area contributed by atoms with Gasteiger partial charge in [-0.25, -0.2) is 0 Å². The van der Waals surface area contributed by atoms with E-state index in [1.807, 2.05) is 0 Å². The number of allylic oxidation sites excluding steroid dienone is 2. The first-order valence-corrected chi connectivity index (χ1v) is 5.47. The summed E-state index contributed by atoms with van der Waals surface area (Å²) in [5.74, 6) is 0.486. The van der Waals surface area contributed by atoms with Crippen molar-refractivity contribution in [1.29, 1.82) is 0 Å². The first-order chi connectivity index (χ1) is 6.79. The second-order valence-corrected chi connectivity index (χ2v) is 3.83. The lowest BCUT2D eigenvalue weighted by Crippen LogP contribution is -2.04. The molecule has 0 N–H and O–H groups in total. The SMILES string of the molecule is O=C1CCC/C=C/CCCC(=O)CC1. The van der Waals surface area contributed by atoms with Gasteiger partial charge >= 0.3 is 0 Å². The van der Waals surface area contributed by atoms with Crippen LogP contribution in [0.5, 0.6) is 0 Å². The molecule has 0 radical (unpaired) electrons. The van der Waals surface area contributed by atoms with E-state index < -0.39 is 0 Å². The molecular formula is C12H18O2. The molecule has 0 saturated heterocycles. The van der Waals surface area contributed by atoms with E-state index in [4.69, 9.17) is 0 Å². The molecular weight excluding hydrogens is 176 g/mol. The van der Waals surface area contributed by atoms with Crippen molar-refractivity contribution in [3.63, 3.8) is 0 Å². The highest BCUT2D eigenvalue weighted by Crippen LogP contribution is 2.08. The molecule has 0 fully saturated rings. The Hall–Kier alpha value is -0.920. The molecule has 14 heavy (non-hydrogen) atoms. The van der Waals surface area contributed by atoms with Gasteiger partial charge in [-0.3, -0.25) is 9.59 Å². The van der Waals surface area contributed by atoms with Crippen molar-refractivity contribution < 1.29 is 9.59 Å². The van der Waals surface area contributed by atoms with Gasteiger partial charge < -0.3 is 0 Å². The fourth-order valence-electron chi connectivity index (χ4n) is 1.60. The lowest BCUT2D eigenvalue weighted by molar-refractivity contribution is -0.124. The van der Waals surface area contributed by atoms with Gasteiger partial charge in [-0.1, -0.05) is 12.2 Å². The Morgan fingerprint density at radius 3 is 1.57 bits per heavy atom. The maximum absolute atomic E-state index is 11.3. The molecule has 0 aliphatic heterocycles. The van der Waals surface area contributed by atoms with Crippen LogP contribution < -0.4 is 0 Å². The van der Waals surface area contributed by atoms with Crippen LogP contribution in [0.2, 0.25) is 0 Å². The Bertz CT molecular complexity index is 204. The van der Waals surface area contributed by atoms with Crippen LogP contribution in [0.4, 0.5) is 0 Å². The average molecular weight is 194 g/mol. The third-order valence-corrected chi connectivity index (χ3v) is 2.50. The van der Waals surface area contributed by atoms with Gasteiger partial charge in [0, 0.05) is 25.7 Å². The normalized spacial score (nSPS) is 23.7. The third kappa shape index (κ3) is 4.95. The number of carbonyl (C=O) groups excluding carboxylic acids is 2. The molecule has 2 heteroatoms. The third-order valence-electron chi connectivity index (χ3n) is 2.50. The zero-order chi connectivity index (χ0) is 10.2. The van der Waals surface area contributed by atoms with Crippen molar-refractivity contribution >= 4 is 11.6 Å². The summed E-state index contributed by atoms with van der Waals surface area (Å²) in [6.45, 7) is 0. The molecule has 1 aliphatic rings. The van der Waals surface area contributed by atoms with Crippen molar-refractivity contribution in [2.45, 2.75) is 51.4 Å². The number of ketones is 2. The summed E-state index contributed by atoms with van der Waals surface area (Å²) in [6.07, 6.45) is 10.3. The van der Waals surface area contributed by atoms with Crippen molar-refractivity contribution in [3.05, 3.63) is 12.2 Å². The molecule has 0 atom stereocenters. The number of carbonyl (C=O) groups is 2. The predicted octanol–water partition coefficient (Wildman–Crippen LogP) is 2.82. The highest BCUT2D eigenvalue weighted by molar-refractivity contribution is 5.85. The molecule has 0 spiro atoms. The Balaban J connectivity index is 2.38. The molecule has 2 nitrogen and oxygen atoms in total. The minimum absolute atomic E-state index is 0.243. The summed E-state index contributed by atoms with van der Waals surface area (Å²) >= 11 is 0. The van der Waals surface area contributed by atoms with Gasteiger partial charge in [0.05, 0.1) is 0 Å². The molecule has 0 heterocycles. The second-order valence-electron chi connectivity index (χ2n) is 3.83. The van der Waals surface area contributed by atoms with Crippen LogP contribution in [0, 0.1) is 0 Å². The summed E-state index contributed by atoms with van der Waals surface area (Å²) in [5, 5.41) is 0. The molecule has 1 aliphatic carbocycles. The van der Waals surface area contributed by atoms with Crippen LogP contribution in [0.1, 0.15) is 51.4 Å². The molecule has 78 valence electrons. The van der Waals surface area contributed by atoms with Crippen molar-refractivity contribution in [3.8, 4) is 0 Å². The lowest BCUT2D eigenvalue weighted by Gasteiger charge is -2.02. The highest BCUT2D eigenvalue weighted by atomic mass is 16.1. The Kier molecular flexibility index (Phi) is 5.20. The molecule has 0 saturated carbocycles. The first kappa shape index (κ1) is 11.2. The van der Waals surface area contributed by atoms with Gasteiger partial charge in [0.2, 0.25) is 0 Å². The van der Waals surface area contributed by atoms with Crippen molar-refractivity contribution in [1.82, 2.24) is 0 Å². The van der Waals surface area contributed by atoms with Crippen LogP contribution in [-0.2, 0) is 9.59 Å². The summed E-state index contributed by atoms with van der Waals surface area (Å²) in [4.78, 5) is 22.5. The van der Waals surface area contributed by atoms with E-state index in [-0.39, 0.29) is 11.6 Å². The molecule has 0 aromatic rings. The smallest absolute Gasteiger partial charge is 0.133 e. The number of hydrogen-bond acceptors (Lipinski definition) is 2. The van der Waals surface area contributed by atoms with Gasteiger partial charge in [-0.05, 0) is 25.7 Å². The zero-order valence-corrected chi connectivity index (χ0v) is 8.63. The Labute approximate surface area is 85.4 Å². The van der Waals surface area contributed by atoms with E-state index in [1.165, 1.54) is 0 Å². The number of rotatable bonds is 0. The number of hydrogen-bond donors (Lipinski definition) is 0. The summed E-state index contributed by atoms with van der Waals surface area (Å²) in [5.41, 5.74) is 0. The first-order valence-electron chi connectivity index (χ1n) is 5.47. The maximum Gasteiger partial charge on any atom is 0.133 e. The monoisotopic (exact) mass is 194 g/mol. The molecule has 0 unspecified atom stereocenters. The number of Topliss-reactive ketones (excluding diaryl/α,β-unsaturated/α-hetero) is 2. The van der Waals surface area contributed by atoms with Gasteiger partial charge in [-0.2, -0.15) is 0 Å². The minimum Gasteiger partial charge on any atom is -0.300 e. The molecule has 1 rings (SSSR count). The standard InChI is InChI=1S/C12H18O2/c13-11-7-5-3-1-2-4-6-8-12(14)10-9-11/h1-2H,3-10H2/b2-1+. The van der Waals surface area contributed by atoms with Gasteiger partial charge in [0.15, 0.2) is 0 Å². The fraction of sp³-hybridized carbons (Fsp3) is 0.667. The minimum atomic E-state index is 0.243. The van der Waals surface area contributed by atoms with Crippen LogP contribution in [-0.4, -0.2) is 11.6 Å². The summed E-state index contributed by atoms with van der Waals surface area (Å²) < 4.78 is 0. The van der Waals surface area contributed by atoms with Crippen molar-refractivity contribution in [2.75, 3.05) is 0 Å². The topological polar surface area (TPSA) is 34.1 Å². The summed E-state index contributed by atoms with van der Waals surface area (Å²) in [6, 6.07) is 0. The van der Waals surface area contributed by atoms with Gasteiger partial charge in [0.25, 0.3) is 0 Å². The quantitative estimate of drug-likeness (QED) is 0.556. The van der Waals surface area contributed by atoms with Crippen LogP contribution in [0.25, 0.3) is 0 Å². The van der Waals surface area contributed by atoms with Crippen LogP contribution in [0.15, 0.2) is 12.2 Å². The molecule has 0 bridgehead atoms. The highest BCUT2D eigenvalue weighted by Gasteiger charge is 2.07. The molecule has 0 aromatic carbocycles. The van der Waals surface area contributed by atoms with Crippen LogP contribution >= 0.6 is 0 Å². The fourth-order valence-corrected chi connectivity index (χ4v) is 1.60. The second kappa shape index (κ2) is 6.52. The van der Waals surface area contributed by atoms with Crippen LogP contribution in [0.3, 0.4) is 0 Å². The van der Waals surface area contributed by atoms with E-state index in [0.717, 1.165) is 25.7 Å². The Morgan fingerprint density at radius 1 is 0.714 bits per heavy atom. The lowest BCUT2D eigenvalue weighted by atomic mass is 10.0. The predicted molar refractivity (Wildman–Crippen MR) is 56.1 cm³/mol. The summed E-state index contributed by atoms with van der Waals surface area (Å²) in [7, 11) is 0. The molecule has 0 amide bonds. The largest absolute Gasteiger partial charge is 0.300 e. The van der Waals surface area contributed by atoms with Gasteiger partial charge in [-0.15, -0.1) is 0 Å². The van der Waals surface area contributed by atoms with E-state index in [0.29, 0.717) is 25.7 Å². The maximum atomic E-state index is 11.3. The average Bonchev–Trinajstić information content (AvgIpc) is 2.17. The molecule has 0 aromatic heterocycles. The zero-order valence-electron chi connectivity index (χ0n) is 8.63.